The SMILES string of the molecule is C#CC1(NC(=O)N[C@@](Cc2ccccc2)(c2cccc(OC(F)(F)C(F)F)c2)c2ccc(CI)cn2)CCCCC1. The molecule has 1 saturated carbocycles. The first-order chi connectivity index (χ1) is 19.6. The molecule has 0 radical (unpaired) electrons. The summed E-state index contributed by atoms with van der Waals surface area (Å²) in [6, 6.07) is 17.7. The zero-order valence-corrected chi connectivity index (χ0v) is 24.3. The number of amides is 2. The Morgan fingerprint density at radius 3 is 2.39 bits per heavy atom. The van der Waals surface area contributed by atoms with Crippen LogP contribution >= 0.6 is 22.6 Å². The van der Waals surface area contributed by atoms with E-state index in [2.05, 4.69) is 48.9 Å². The Morgan fingerprint density at radius 1 is 1.05 bits per heavy atom. The first kappa shape index (κ1) is 30.6. The number of aromatic nitrogens is 1. The lowest BCUT2D eigenvalue weighted by Gasteiger charge is -2.38. The van der Waals surface area contributed by atoms with Crippen LogP contribution in [-0.4, -0.2) is 29.1 Å². The maximum Gasteiger partial charge on any atom is 0.461 e. The standard InChI is InChI=1S/C31H30F4IN3O2/c1-2-29(16-7-4-8-17-29)38-28(40)39-30(19-22-10-5-3-6-11-22,26-15-14-23(20-36)21-37-26)24-12-9-13-25(18-24)41-31(34,35)27(32)33/h1,3,5-6,9-15,18,21,27H,4,7-8,16-17,19-20H2,(H2,38,39,40)/t30-/m0/s1. The molecule has 1 atom stereocenters. The molecule has 1 aliphatic carbocycles. The average molecular weight is 679 g/mol. The van der Waals surface area contributed by atoms with Gasteiger partial charge in [-0.25, -0.2) is 4.79 Å². The minimum Gasteiger partial charge on any atom is -0.428 e. The number of halogens is 5. The molecule has 1 aliphatic rings. The van der Waals surface area contributed by atoms with Crippen molar-refractivity contribution in [2.45, 2.75) is 66.6 Å². The molecular weight excluding hydrogens is 649 g/mol. The minimum absolute atomic E-state index is 0.162. The Balaban J connectivity index is 1.84. The summed E-state index contributed by atoms with van der Waals surface area (Å²) in [6.07, 6.45) is 3.00. The summed E-state index contributed by atoms with van der Waals surface area (Å²) in [7, 11) is 0. The summed E-state index contributed by atoms with van der Waals surface area (Å²) in [5.41, 5.74) is 0.229. The fourth-order valence-electron chi connectivity index (χ4n) is 5.11. The number of hydrogen-bond donors (Lipinski definition) is 2. The second kappa shape index (κ2) is 13.1. The fourth-order valence-corrected chi connectivity index (χ4v) is 5.56. The van der Waals surface area contributed by atoms with Gasteiger partial charge in [-0.1, -0.05) is 96.3 Å². The molecule has 2 amide bonds. The zero-order valence-electron chi connectivity index (χ0n) is 22.2. The van der Waals surface area contributed by atoms with Crippen molar-refractivity contribution in [3.05, 3.63) is 95.3 Å². The molecule has 4 rings (SSSR count). The van der Waals surface area contributed by atoms with Crippen LogP contribution in [0, 0.1) is 12.3 Å². The summed E-state index contributed by atoms with van der Waals surface area (Å²) in [5, 5.41) is 6.05. The molecule has 0 saturated heterocycles. The molecule has 0 aliphatic heterocycles. The highest BCUT2D eigenvalue weighted by Gasteiger charge is 2.45. The number of pyridine rings is 1. The number of urea groups is 1. The second-order valence-electron chi connectivity index (χ2n) is 10.1. The first-order valence-corrected chi connectivity index (χ1v) is 14.7. The van der Waals surface area contributed by atoms with Crippen LogP contribution in [0.2, 0.25) is 0 Å². The number of benzene rings is 2. The van der Waals surface area contributed by atoms with Crippen molar-refractivity contribution >= 4 is 28.6 Å². The largest absolute Gasteiger partial charge is 0.461 e. The molecule has 2 N–H and O–H groups in total. The third-order valence-corrected chi connectivity index (χ3v) is 8.11. The van der Waals surface area contributed by atoms with Crippen LogP contribution in [0.4, 0.5) is 22.4 Å². The smallest absolute Gasteiger partial charge is 0.428 e. The van der Waals surface area contributed by atoms with Crippen molar-refractivity contribution in [2.75, 3.05) is 0 Å². The Labute approximate surface area is 250 Å². The quantitative estimate of drug-likeness (QED) is 0.102. The van der Waals surface area contributed by atoms with Crippen molar-refractivity contribution in [2.24, 2.45) is 0 Å². The van der Waals surface area contributed by atoms with Gasteiger partial charge in [0.2, 0.25) is 0 Å². The van der Waals surface area contributed by atoms with E-state index in [9.17, 15) is 22.4 Å². The van der Waals surface area contributed by atoms with Gasteiger partial charge in [0, 0.05) is 17.0 Å². The predicted molar refractivity (Wildman–Crippen MR) is 157 cm³/mol. The number of nitrogens with zero attached hydrogens (tertiary/aromatic N) is 1. The van der Waals surface area contributed by atoms with E-state index in [-0.39, 0.29) is 6.42 Å². The summed E-state index contributed by atoms with van der Waals surface area (Å²) in [5.74, 6) is 2.28. The lowest BCUT2D eigenvalue weighted by Crippen LogP contribution is -2.58. The Morgan fingerprint density at radius 2 is 1.78 bits per heavy atom. The minimum atomic E-state index is -4.70. The number of carbonyl (C=O) groups excluding carboxylic acids is 1. The Kier molecular flexibility index (Phi) is 9.79. The molecule has 216 valence electrons. The van der Waals surface area contributed by atoms with Gasteiger partial charge in [0.25, 0.3) is 0 Å². The van der Waals surface area contributed by atoms with Crippen LogP contribution in [0.3, 0.4) is 0 Å². The van der Waals surface area contributed by atoms with Crippen LogP contribution in [0.25, 0.3) is 0 Å². The first-order valence-electron chi connectivity index (χ1n) is 13.2. The van der Waals surface area contributed by atoms with E-state index < -0.39 is 35.4 Å². The van der Waals surface area contributed by atoms with E-state index in [0.717, 1.165) is 36.5 Å². The Bertz CT molecular complexity index is 1360. The van der Waals surface area contributed by atoms with Gasteiger partial charge in [-0.05, 0) is 47.7 Å². The lowest BCUT2D eigenvalue weighted by atomic mass is 9.80. The number of carbonyl (C=O) groups is 1. The molecule has 0 bridgehead atoms. The maximum atomic E-state index is 13.9. The molecule has 1 fully saturated rings. The van der Waals surface area contributed by atoms with Crippen LogP contribution in [0.1, 0.15) is 54.5 Å². The van der Waals surface area contributed by atoms with E-state index in [0.29, 0.717) is 28.5 Å². The highest BCUT2D eigenvalue weighted by Crippen LogP contribution is 2.37. The van der Waals surface area contributed by atoms with Gasteiger partial charge in [0.15, 0.2) is 0 Å². The van der Waals surface area contributed by atoms with Crippen LogP contribution in [0.5, 0.6) is 5.75 Å². The normalized spacial score (nSPS) is 16.3. The van der Waals surface area contributed by atoms with Gasteiger partial charge in [-0.2, -0.15) is 17.6 Å². The van der Waals surface area contributed by atoms with Crippen LogP contribution in [0.15, 0.2) is 72.9 Å². The van der Waals surface area contributed by atoms with Gasteiger partial charge in [-0.15, -0.1) is 6.42 Å². The second-order valence-corrected chi connectivity index (χ2v) is 10.9. The molecule has 3 aromatic rings. The monoisotopic (exact) mass is 679 g/mol. The van der Waals surface area contributed by atoms with E-state index in [1.54, 1.807) is 18.3 Å². The molecule has 5 nitrogen and oxygen atoms in total. The van der Waals surface area contributed by atoms with E-state index in [1.165, 1.54) is 12.1 Å². The van der Waals surface area contributed by atoms with Crippen LogP contribution < -0.4 is 15.4 Å². The van der Waals surface area contributed by atoms with E-state index in [4.69, 9.17) is 6.42 Å². The molecule has 1 heterocycles. The fraction of sp³-hybridized carbons (Fsp3) is 0.355. The molecule has 2 aromatic carbocycles. The summed E-state index contributed by atoms with van der Waals surface area (Å²) >= 11 is 2.21. The summed E-state index contributed by atoms with van der Waals surface area (Å²) in [6.45, 7) is 0. The van der Waals surface area contributed by atoms with Gasteiger partial charge in [0.05, 0.1) is 5.69 Å². The number of hydrogen-bond acceptors (Lipinski definition) is 3. The van der Waals surface area contributed by atoms with Crippen LogP contribution in [-0.2, 0) is 16.4 Å². The predicted octanol–water partition coefficient (Wildman–Crippen LogP) is 7.37. The topological polar surface area (TPSA) is 63.2 Å². The molecular formula is C31H30F4IN3O2. The third-order valence-electron chi connectivity index (χ3n) is 7.23. The van der Waals surface area contributed by atoms with Crippen molar-refractivity contribution in [3.63, 3.8) is 0 Å². The summed E-state index contributed by atoms with van der Waals surface area (Å²) in [4.78, 5) is 18.4. The lowest BCUT2D eigenvalue weighted by molar-refractivity contribution is -0.253. The molecule has 1 aromatic heterocycles. The van der Waals surface area contributed by atoms with E-state index >= 15 is 0 Å². The number of nitrogens with one attached hydrogen (secondary N) is 2. The van der Waals surface area contributed by atoms with Gasteiger partial charge in [0.1, 0.15) is 16.8 Å². The average Bonchev–Trinajstić information content (AvgIpc) is 2.97. The number of ether oxygens (including phenoxy) is 1. The number of rotatable bonds is 10. The molecule has 0 unspecified atom stereocenters. The number of terminal acetylenes is 1. The van der Waals surface area contributed by atoms with Gasteiger partial charge in [-0.3, -0.25) is 4.98 Å². The number of alkyl halides is 5. The summed E-state index contributed by atoms with van der Waals surface area (Å²) < 4.78 is 58.8. The highest BCUT2D eigenvalue weighted by atomic mass is 127. The van der Waals surface area contributed by atoms with Crippen molar-refractivity contribution in [3.8, 4) is 18.1 Å². The van der Waals surface area contributed by atoms with Crippen molar-refractivity contribution < 1.29 is 27.1 Å². The van der Waals surface area contributed by atoms with E-state index in [1.807, 2.05) is 36.4 Å². The van der Waals surface area contributed by atoms with Gasteiger partial charge >= 0.3 is 18.6 Å². The third kappa shape index (κ3) is 7.31. The zero-order chi connectivity index (χ0) is 29.5. The highest BCUT2D eigenvalue weighted by molar-refractivity contribution is 14.1. The Hall–Kier alpha value is -3.33. The molecule has 0 spiro atoms. The molecule has 41 heavy (non-hydrogen) atoms. The maximum absolute atomic E-state index is 13.9. The molecule has 10 heteroatoms. The van der Waals surface area contributed by atoms with Crippen molar-refractivity contribution in [1.82, 2.24) is 15.6 Å². The van der Waals surface area contributed by atoms with Crippen molar-refractivity contribution in [1.29, 1.82) is 0 Å². The van der Waals surface area contributed by atoms with Gasteiger partial charge < -0.3 is 15.4 Å².